The first-order chi connectivity index (χ1) is 2.89. The normalized spacial score (nSPS) is 31.8. The third-order valence-corrected chi connectivity index (χ3v) is 2.10. The lowest BCUT2D eigenvalue weighted by Gasteiger charge is -1.90. The van der Waals surface area contributed by atoms with Crippen molar-refractivity contribution in [2.75, 3.05) is 0 Å². The summed E-state index contributed by atoms with van der Waals surface area (Å²) in [6.07, 6.45) is 3.27. The van der Waals surface area contributed by atoms with E-state index in [-0.39, 0.29) is 0 Å². The van der Waals surface area contributed by atoms with Crippen molar-refractivity contribution in [2.24, 2.45) is 0 Å². The quantitative estimate of drug-likeness (QED) is 0.474. The van der Waals surface area contributed by atoms with Gasteiger partial charge < -0.3 is 0 Å². The molecule has 0 saturated heterocycles. The van der Waals surface area contributed by atoms with Crippen molar-refractivity contribution in [3.05, 3.63) is 11.5 Å². The highest BCUT2D eigenvalue weighted by molar-refractivity contribution is 8.12. The third kappa shape index (κ3) is 0.949. The molecule has 0 bridgehead atoms. The van der Waals surface area contributed by atoms with E-state index >= 15 is 0 Å². The van der Waals surface area contributed by atoms with Crippen molar-refractivity contribution in [3.8, 4) is 0 Å². The van der Waals surface area contributed by atoms with Gasteiger partial charge in [0.1, 0.15) is 0 Å². The van der Waals surface area contributed by atoms with Gasteiger partial charge in [0, 0.05) is 0 Å². The molecular weight excluding hydrogens is 112 g/mol. The van der Waals surface area contributed by atoms with Crippen molar-refractivity contribution in [1.29, 1.82) is 0 Å². The van der Waals surface area contributed by atoms with Gasteiger partial charge in [-0.3, -0.25) is 0 Å². The maximum Gasteiger partial charge on any atom is 0.0548 e. The lowest BCUT2D eigenvalue weighted by molar-refractivity contribution is 1.22. The van der Waals surface area contributed by atoms with Crippen LogP contribution < -0.4 is 0 Å². The monoisotopic (exact) mass is 118 g/mol. The first-order valence-corrected chi connectivity index (χ1v) is 3.34. The van der Waals surface area contributed by atoms with Crippen LogP contribution in [0.25, 0.3) is 0 Å². The van der Waals surface area contributed by atoms with Crippen LogP contribution in [0.2, 0.25) is 0 Å². The number of rotatable bonds is 0. The molecule has 6 heavy (non-hydrogen) atoms. The van der Waals surface area contributed by atoms with Crippen LogP contribution in [0.5, 0.6) is 0 Å². The molecule has 0 aromatic heterocycles. The molecular formula is C4H6S2. The summed E-state index contributed by atoms with van der Waals surface area (Å²) < 4.78 is 0.546. The Morgan fingerprint density at radius 3 is 2.83 bits per heavy atom. The van der Waals surface area contributed by atoms with Gasteiger partial charge in [-0.05, 0) is 11.8 Å². The summed E-state index contributed by atoms with van der Waals surface area (Å²) in [6, 6.07) is 0. The standard InChI is InChI=1S/C4H6S2/c5-4-2-1-3-6-4/h1,3-5H,2H2. The van der Waals surface area contributed by atoms with Crippen LogP contribution in [-0.2, 0) is 0 Å². The predicted molar refractivity (Wildman–Crippen MR) is 34.1 cm³/mol. The van der Waals surface area contributed by atoms with Gasteiger partial charge in [0.15, 0.2) is 0 Å². The Bertz CT molecular complexity index is 59.9. The summed E-state index contributed by atoms with van der Waals surface area (Å²) in [4.78, 5) is 0. The van der Waals surface area contributed by atoms with Gasteiger partial charge in [0.2, 0.25) is 0 Å². The molecule has 1 heterocycles. The Labute approximate surface area is 47.4 Å². The van der Waals surface area contributed by atoms with Crippen LogP contribution in [0.15, 0.2) is 11.5 Å². The Hall–Kier alpha value is 0.440. The summed E-state index contributed by atoms with van der Waals surface area (Å²) >= 11 is 5.97. The van der Waals surface area contributed by atoms with E-state index in [2.05, 4.69) is 24.1 Å². The van der Waals surface area contributed by atoms with E-state index < -0.39 is 0 Å². The second-order valence-electron chi connectivity index (χ2n) is 1.20. The second-order valence-corrected chi connectivity index (χ2v) is 3.28. The molecule has 1 atom stereocenters. The van der Waals surface area contributed by atoms with Gasteiger partial charge in [0.05, 0.1) is 4.58 Å². The van der Waals surface area contributed by atoms with Crippen LogP contribution in [0, 0.1) is 0 Å². The van der Waals surface area contributed by atoms with E-state index in [9.17, 15) is 0 Å². The molecule has 0 spiro atoms. The summed E-state index contributed by atoms with van der Waals surface area (Å²) in [5, 5.41) is 2.09. The van der Waals surface area contributed by atoms with Gasteiger partial charge in [-0.25, -0.2) is 0 Å². The lowest BCUT2D eigenvalue weighted by atomic mass is 10.5. The number of thiol groups is 1. The van der Waals surface area contributed by atoms with Crippen LogP contribution in [0.4, 0.5) is 0 Å². The molecule has 0 saturated carbocycles. The van der Waals surface area contributed by atoms with E-state index in [1.54, 1.807) is 11.8 Å². The molecule has 2 heteroatoms. The Balaban J connectivity index is 2.32. The van der Waals surface area contributed by atoms with Crippen molar-refractivity contribution < 1.29 is 0 Å². The zero-order chi connectivity index (χ0) is 4.41. The third-order valence-electron chi connectivity index (χ3n) is 0.670. The average molecular weight is 118 g/mol. The van der Waals surface area contributed by atoms with Crippen LogP contribution >= 0.6 is 24.4 Å². The predicted octanol–water partition coefficient (Wildman–Crippen LogP) is 1.89. The molecule has 0 fully saturated rings. The van der Waals surface area contributed by atoms with Gasteiger partial charge in [0.25, 0.3) is 0 Å². The van der Waals surface area contributed by atoms with Crippen LogP contribution in [0.1, 0.15) is 6.42 Å². The minimum absolute atomic E-state index is 0.546. The smallest absolute Gasteiger partial charge is 0.0548 e. The van der Waals surface area contributed by atoms with Crippen LogP contribution in [-0.4, -0.2) is 4.58 Å². The maximum atomic E-state index is 4.19. The fourth-order valence-corrected chi connectivity index (χ4v) is 1.33. The van der Waals surface area contributed by atoms with Crippen molar-refractivity contribution in [1.82, 2.24) is 0 Å². The first kappa shape index (κ1) is 4.60. The summed E-state index contributed by atoms with van der Waals surface area (Å²) in [5.41, 5.74) is 0. The highest BCUT2D eigenvalue weighted by atomic mass is 32.2. The first-order valence-electron chi connectivity index (χ1n) is 1.88. The molecule has 1 unspecified atom stereocenters. The molecule has 0 aromatic carbocycles. The van der Waals surface area contributed by atoms with Gasteiger partial charge in [-0.15, -0.1) is 11.8 Å². The van der Waals surface area contributed by atoms with Crippen molar-refractivity contribution >= 4 is 24.4 Å². The average Bonchev–Trinajstić information content (AvgIpc) is 1.86. The molecule has 0 aliphatic carbocycles. The molecule has 34 valence electrons. The summed E-state index contributed by atoms with van der Waals surface area (Å²) in [7, 11) is 0. The molecule has 0 nitrogen and oxygen atoms in total. The van der Waals surface area contributed by atoms with E-state index in [4.69, 9.17) is 0 Å². The Kier molecular flexibility index (Phi) is 1.48. The Morgan fingerprint density at radius 1 is 1.83 bits per heavy atom. The molecule has 0 N–H and O–H groups in total. The molecule has 0 radical (unpaired) electrons. The highest BCUT2D eigenvalue weighted by Gasteiger charge is 2.01. The molecule has 1 aliphatic heterocycles. The van der Waals surface area contributed by atoms with E-state index in [1.165, 1.54) is 0 Å². The number of thioether (sulfide) groups is 1. The second kappa shape index (κ2) is 1.94. The molecule has 0 aromatic rings. The van der Waals surface area contributed by atoms with E-state index in [1.807, 2.05) is 0 Å². The topological polar surface area (TPSA) is 0 Å². The van der Waals surface area contributed by atoms with Gasteiger partial charge in [-0.2, -0.15) is 12.6 Å². The summed E-state index contributed by atoms with van der Waals surface area (Å²) in [5.74, 6) is 0. The SMILES string of the molecule is SC1CC=CS1. The number of hydrogen-bond donors (Lipinski definition) is 1. The lowest BCUT2D eigenvalue weighted by Crippen LogP contribution is -1.77. The largest absolute Gasteiger partial charge is 0.164 e. The van der Waals surface area contributed by atoms with Gasteiger partial charge >= 0.3 is 0 Å². The zero-order valence-corrected chi connectivity index (χ0v) is 5.01. The Morgan fingerprint density at radius 2 is 2.67 bits per heavy atom. The number of hydrogen-bond acceptors (Lipinski definition) is 2. The molecule has 1 rings (SSSR count). The maximum absolute atomic E-state index is 4.19. The van der Waals surface area contributed by atoms with E-state index in [0.29, 0.717) is 4.58 Å². The van der Waals surface area contributed by atoms with E-state index in [0.717, 1.165) is 6.42 Å². The minimum atomic E-state index is 0.546. The minimum Gasteiger partial charge on any atom is -0.164 e. The van der Waals surface area contributed by atoms with Crippen molar-refractivity contribution in [2.45, 2.75) is 11.0 Å². The summed E-state index contributed by atoms with van der Waals surface area (Å²) in [6.45, 7) is 0. The molecule has 0 amide bonds. The fraction of sp³-hybridized carbons (Fsp3) is 0.500. The zero-order valence-electron chi connectivity index (χ0n) is 3.29. The number of allylic oxidation sites excluding steroid dienone is 1. The van der Waals surface area contributed by atoms with Crippen LogP contribution in [0.3, 0.4) is 0 Å². The molecule has 1 aliphatic rings. The fourth-order valence-electron chi connectivity index (χ4n) is 0.374. The highest BCUT2D eigenvalue weighted by Crippen LogP contribution is 2.25. The van der Waals surface area contributed by atoms with Crippen molar-refractivity contribution in [3.63, 3.8) is 0 Å². The van der Waals surface area contributed by atoms with Gasteiger partial charge in [-0.1, -0.05) is 6.08 Å².